The van der Waals surface area contributed by atoms with Crippen LogP contribution in [-0.2, 0) is 9.84 Å². The normalized spacial score (nSPS) is 22.0. The molecule has 2 fully saturated rings. The van der Waals surface area contributed by atoms with Gasteiger partial charge in [-0.15, -0.1) is 0 Å². The highest BCUT2D eigenvalue weighted by molar-refractivity contribution is 7.91. The Morgan fingerprint density at radius 2 is 2.00 bits per heavy atom. The predicted molar refractivity (Wildman–Crippen MR) is 115 cm³/mol. The van der Waals surface area contributed by atoms with Gasteiger partial charge in [-0.2, -0.15) is 0 Å². The third kappa shape index (κ3) is 4.42. The lowest BCUT2D eigenvalue weighted by atomic mass is 9.95. The van der Waals surface area contributed by atoms with Gasteiger partial charge in [-0.3, -0.25) is 4.79 Å². The molecule has 1 amide bonds. The largest absolute Gasteiger partial charge is 0.352 e. The summed E-state index contributed by atoms with van der Waals surface area (Å²) in [5.74, 6) is 1.04. The fraction of sp³-hybridized carbons (Fsp3) is 0.619. The van der Waals surface area contributed by atoms with Crippen LogP contribution in [0.2, 0.25) is 0 Å². The lowest BCUT2D eigenvalue weighted by Gasteiger charge is -2.26. The Morgan fingerprint density at radius 3 is 2.69 bits per heavy atom. The van der Waals surface area contributed by atoms with Gasteiger partial charge < -0.3 is 15.2 Å². The average molecular weight is 419 g/mol. The number of sulfone groups is 1. The van der Waals surface area contributed by atoms with Gasteiger partial charge in [0.15, 0.2) is 9.84 Å². The molecule has 0 bridgehead atoms. The second kappa shape index (κ2) is 8.34. The van der Waals surface area contributed by atoms with Crippen LogP contribution in [0.25, 0.3) is 11.0 Å². The topological polar surface area (TPSA) is 93.1 Å². The Balaban J connectivity index is 1.68. The maximum absolute atomic E-state index is 12.4. The van der Waals surface area contributed by atoms with Gasteiger partial charge in [0.1, 0.15) is 0 Å². The van der Waals surface area contributed by atoms with E-state index in [4.69, 9.17) is 4.98 Å². The van der Waals surface area contributed by atoms with E-state index in [1.807, 2.05) is 25.1 Å². The lowest BCUT2D eigenvalue weighted by Crippen LogP contribution is -2.24. The first-order chi connectivity index (χ1) is 14.0. The molecular formula is C21H30N4O3S. The zero-order chi connectivity index (χ0) is 20.4. The van der Waals surface area contributed by atoms with Crippen molar-refractivity contribution < 1.29 is 13.2 Å². The number of imidazole rings is 1. The van der Waals surface area contributed by atoms with Gasteiger partial charge in [0.05, 0.1) is 22.5 Å². The SMILES string of the molecule is CCCNC(=O)c1ccc2c(c1)nc(NC1CCS(=O)(=O)C1)n2C1CCCCC1. The molecule has 29 heavy (non-hydrogen) atoms. The number of amides is 1. The second-order valence-electron chi connectivity index (χ2n) is 8.30. The third-order valence-electron chi connectivity index (χ3n) is 5.99. The van der Waals surface area contributed by atoms with E-state index >= 15 is 0 Å². The molecule has 7 nitrogen and oxygen atoms in total. The zero-order valence-corrected chi connectivity index (χ0v) is 17.8. The van der Waals surface area contributed by atoms with Crippen LogP contribution in [0, 0.1) is 0 Å². The first-order valence-corrected chi connectivity index (χ1v) is 12.6. The van der Waals surface area contributed by atoms with E-state index in [1.54, 1.807) is 0 Å². The molecule has 1 aliphatic heterocycles. The van der Waals surface area contributed by atoms with Crippen molar-refractivity contribution in [3.05, 3.63) is 23.8 Å². The van der Waals surface area contributed by atoms with Gasteiger partial charge in [0, 0.05) is 24.2 Å². The van der Waals surface area contributed by atoms with Crippen molar-refractivity contribution in [1.82, 2.24) is 14.9 Å². The summed E-state index contributed by atoms with van der Waals surface area (Å²) in [6.45, 7) is 2.67. The Hall–Kier alpha value is -2.09. The smallest absolute Gasteiger partial charge is 0.251 e. The summed E-state index contributed by atoms with van der Waals surface area (Å²) < 4.78 is 26.0. The Kier molecular flexibility index (Phi) is 5.81. The molecule has 2 heterocycles. The van der Waals surface area contributed by atoms with Gasteiger partial charge in [-0.25, -0.2) is 13.4 Å². The quantitative estimate of drug-likeness (QED) is 0.751. The van der Waals surface area contributed by atoms with Crippen molar-refractivity contribution in [3.8, 4) is 0 Å². The minimum Gasteiger partial charge on any atom is -0.352 e. The Morgan fingerprint density at radius 1 is 1.21 bits per heavy atom. The fourth-order valence-electron chi connectivity index (χ4n) is 4.48. The second-order valence-corrected chi connectivity index (χ2v) is 10.5. The summed E-state index contributed by atoms with van der Waals surface area (Å²) in [7, 11) is -2.96. The molecule has 2 aromatic rings. The van der Waals surface area contributed by atoms with E-state index in [9.17, 15) is 13.2 Å². The van der Waals surface area contributed by atoms with Crippen LogP contribution < -0.4 is 10.6 Å². The minimum atomic E-state index is -2.96. The number of hydrogen-bond acceptors (Lipinski definition) is 5. The zero-order valence-electron chi connectivity index (χ0n) is 17.0. The lowest BCUT2D eigenvalue weighted by molar-refractivity contribution is 0.0953. The number of aromatic nitrogens is 2. The number of nitrogens with one attached hydrogen (secondary N) is 2. The van der Waals surface area contributed by atoms with Crippen LogP contribution in [0.15, 0.2) is 18.2 Å². The molecule has 4 rings (SSSR count). The molecule has 1 atom stereocenters. The highest BCUT2D eigenvalue weighted by Crippen LogP contribution is 2.35. The number of carbonyl (C=O) groups is 1. The van der Waals surface area contributed by atoms with Crippen LogP contribution in [0.1, 0.15) is 68.3 Å². The monoisotopic (exact) mass is 418 g/mol. The summed E-state index contributed by atoms with van der Waals surface area (Å²) in [5, 5.41) is 6.32. The molecule has 1 saturated heterocycles. The van der Waals surface area contributed by atoms with Crippen molar-refractivity contribution >= 4 is 32.7 Å². The molecule has 0 spiro atoms. The van der Waals surface area contributed by atoms with E-state index in [0.717, 1.165) is 36.2 Å². The van der Waals surface area contributed by atoms with E-state index in [-0.39, 0.29) is 23.5 Å². The molecule has 1 aromatic carbocycles. The van der Waals surface area contributed by atoms with Crippen LogP contribution in [0.4, 0.5) is 5.95 Å². The number of benzene rings is 1. The molecule has 158 valence electrons. The highest BCUT2D eigenvalue weighted by atomic mass is 32.2. The molecule has 0 radical (unpaired) electrons. The molecular weight excluding hydrogens is 388 g/mol. The third-order valence-corrected chi connectivity index (χ3v) is 7.76. The van der Waals surface area contributed by atoms with Crippen LogP contribution in [0.5, 0.6) is 0 Å². The molecule has 2 aliphatic rings. The molecule has 1 aromatic heterocycles. The number of nitrogens with zero attached hydrogens (tertiary/aromatic N) is 2. The maximum Gasteiger partial charge on any atom is 0.251 e. The van der Waals surface area contributed by atoms with Crippen molar-refractivity contribution in [2.75, 3.05) is 23.4 Å². The summed E-state index contributed by atoms with van der Waals surface area (Å²) in [4.78, 5) is 17.2. The van der Waals surface area contributed by atoms with Crippen molar-refractivity contribution in [3.63, 3.8) is 0 Å². The Bertz CT molecular complexity index is 993. The summed E-state index contributed by atoms with van der Waals surface area (Å²) in [6.07, 6.45) is 7.35. The van der Waals surface area contributed by atoms with Crippen LogP contribution in [0.3, 0.4) is 0 Å². The van der Waals surface area contributed by atoms with Gasteiger partial charge >= 0.3 is 0 Å². The van der Waals surface area contributed by atoms with E-state index < -0.39 is 9.84 Å². The molecule has 1 unspecified atom stereocenters. The van der Waals surface area contributed by atoms with Crippen molar-refractivity contribution in [2.24, 2.45) is 0 Å². The average Bonchev–Trinajstić information content (AvgIpc) is 3.25. The number of rotatable bonds is 6. The van der Waals surface area contributed by atoms with Gasteiger partial charge in [-0.05, 0) is 43.9 Å². The van der Waals surface area contributed by atoms with Crippen molar-refractivity contribution in [2.45, 2.75) is 64.0 Å². The summed E-state index contributed by atoms with van der Waals surface area (Å²) in [5.41, 5.74) is 2.39. The molecule has 1 aliphatic carbocycles. The standard InChI is InChI=1S/C21H30N4O3S/c1-2-11-22-20(26)15-8-9-19-18(13-15)24-21(23-16-10-12-29(27,28)14-16)25(19)17-6-4-3-5-7-17/h8-9,13,16-17H,2-7,10-12,14H2,1H3,(H,22,26)(H,23,24). The van der Waals surface area contributed by atoms with Crippen LogP contribution >= 0.6 is 0 Å². The highest BCUT2D eigenvalue weighted by Gasteiger charge is 2.30. The van der Waals surface area contributed by atoms with Gasteiger partial charge in [0.25, 0.3) is 5.91 Å². The summed E-state index contributed by atoms with van der Waals surface area (Å²) in [6, 6.07) is 5.93. The summed E-state index contributed by atoms with van der Waals surface area (Å²) >= 11 is 0. The molecule has 8 heteroatoms. The number of anilines is 1. The van der Waals surface area contributed by atoms with Crippen molar-refractivity contribution in [1.29, 1.82) is 0 Å². The Labute approximate surface area is 172 Å². The maximum atomic E-state index is 12.4. The minimum absolute atomic E-state index is 0.0858. The fourth-order valence-corrected chi connectivity index (χ4v) is 6.16. The van der Waals surface area contributed by atoms with E-state index in [1.165, 1.54) is 19.3 Å². The molecule has 1 saturated carbocycles. The van der Waals surface area contributed by atoms with Gasteiger partial charge in [0.2, 0.25) is 5.95 Å². The first-order valence-electron chi connectivity index (χ1n) is 10.7. The number of carbonyl (C=O) groups excluding carboxylic acids is 1. The first kappa shape index (κ1) is 20.2. The molecule has 2 N–H and O–H groups in total. The van der Waals surface area contributed by atoms with E-state index in [2.05, 4.69) is 15.2 Å². The predicted octanol–water partition coefficient (Wildman–Crippen LogP) is 3.28. The van der Waals surface area contributed by atoms with Gasteiger partial charge in [-0.1, -0.05) is 26.2 Å². The number of fused-ring (bicyclic) bond motifs is 1. The number of hydrogen-bond donors (Lipinski definition) is 2. The van der Waals surface area contributed by atoms with E-state index in [0.29, 0.717) is 24.6 Å². The van der Waals surface area contributed by atoms with Crippen LogP contribution in [-0.4, -0.2) is 48.0 Å².